The van der Waals surface area contributed by atoms with Crippen LogP contribution in [0.25, 0.3) is 10.9 Å². The van der Waals surface area contributed by atoms with Gasteiger partial charge in [0, 0.05) is 43.7 Å². The van der Waals surface area contributed by atoms with E-state index in [0.29, 0.717) is 41.7 Å². The van der Waals surface area contributed by atoms with Crippen molar-refractivity contribution in [3.05, 3.63) is 46.9 Å². The fraction of sp³-hybridized carbons (Fsp3) is 0.500. The Morgan fingerprint density at radius 1 is 1.13 bits per heavy atom. The van der Waals surface area contributed by atoms with Gasteiger partial charge in [-0.25, -0.2) is 4.39 Å². The lowest BCUT2D eigenvalue weighted by Gasteiger charge is -2.40. The summed E-state index contributed by atoms with van der Waals surface area (Å²) in [6, 6.07) is 5.82. The Morgan fingerprint density at radius 2 is 1.92 bits per heavy atom. The molecule has 198 valence electrons. The second-order valence-corrected chi connectivity index (χ2v) is 10.4. The number of amides is 1. The lowest BCUT2D eigenvalue weighted by atomic mass is 9.85. The van der Waals surface area contributed by atoms with Gasteiger partial charge in [0.25, 0.3) is 0 Å². The molecule has 0 N–H and O–H groups in total. The molecule has 6 rings (SSSR count). The SMILES string of the molecule is C[C@@H]1CN(c2c(C#N)cnc3c(F)c(C4CC4)ccc23)CC[C@@H]1C(=O)N1CCn2c(nnc2C(F)(F)F)C1. The van der Waals surface area contributed by atoms with Gasteiger partial charge in [0.1, 0.15) is 11.6 Å². The smallest absolute Gasteiger partial charge is 0.370 e. The van der Waals surface area contributed by atoms with Gasteiger partial charge in [-0.3, -0.25) is 9.78 Å². The number of carbonyl (C=O) groups is 1. The zero-order chi connectivity index (χ0) is 26.8. The molecule has 2 fully saturated rings. The van der Waals surface area contributed by atoms with E-state index >= 15 is 4.39 Å². The topological polar surface area (TPSA) is 90.9 Å². The first-order chi connectivity index (χ1) is 18.2. The Balaban J connectivity index is 1.22. The number of piperidine rings is 1. The van der Waals surface area contributed by atoms with Gasteiger partial charge >= 0.3 is 6.18 Å². The third kappa shape index (κ3) is 4.04. The Morgan fingerprint density at radius 3 is 2.61 bits per heavy atom. The fourth-order valence-corrected chi connectivity index (χ4v) is 5.87. The summed E-state index contributed by atoms with van der Waals surface area (Å²) in [6.45, 7) is 3.01. The van der Waals surface area contributed by atoms with Crippen molar-refractivity contribution in [1.82, 2.24) is 24.6 Å². The maximum atomic E-state index is 15.3. The molecule has 1 amide bonds. The molecule has 2 aromatic heterocycles. The number of fused-ring (bicyclic) bond motifs is 2. The number of alkyl halides is 3. The zero-order valence-electron chi connectivity index (χ0n) is 20.7. The molecule has 1 saturated carbocycles. The summed E-state index contributed by atoms with van der Waals surface area (Å²) in [5.41, 5.74) is 1.90. The molecule has 3 aromatic rings. The summed E-state index contributed by atoms with van der Waals surface area (Å²) in [6.07, 6.45) is -0.764. The third-order valence-corrected chi connectivity index (χ3v) is 7.97. The van der Waals surface area contributed by atoms with E-state index in [1.807, 2.05) is 17.9 Å². The van der Waals surface area contributed by atoms with E-state index in [-0.39, 0.29) is 60.5 Å². The highest BCUT2D eigenvalue weighted by Crippen LogP contribution is 2.44. The van der Waals surface area contributed by atoms with Crippen LogP contribution in [0.3, 0.4) is 0 Å². The first-order valence-electron chi connectivity index (χ1n) is 12.7. The number of aromatic nitrogens is 4. The fourth-order valence-electron chi connectivity index (χ4n) is 5.87. The van der Waals surface area contributed by atoms with Gasteiger partial charge in [-0.1, -0.05) is 19.1 Å². The van der Waals surface area contributed by atoms with E-state index in [4.69, 9.17) is 0 Å². The van der Waals surface area contributed by atoms with E-state index < -0.39 is 12.0 Å². The minimum atomic E-state index is -4.60. The number of nitriles is 1. The molecule has 12 heteroatoms. The average Bonchev–Trinajstić information content (AvgIpc) is 3.64. The molecular formula is C26H25F4N7O. The second-order valence-electron chi connectivity index (χ2n) is 10.4. The van der Waals surface area contributed by atoms with Gasteiger partial charge in [0.15, 0.2) is 11.6 Å². The highest BCUT2D eigenvalue weighted by atomic mass is 19.4. The standard InChI is InChI=1S/C26H25F4N7O/c1-14-12-35(23-16(10-31)11-32-22-19(23)5-4-18(21(22)27)15-2-3-15)7-6-17(14)24(38)36-8-9-37-20(13-36)33-34-25(37)26(28,29)30/h4-5,11,14-15,17H,2-3,6-9,12-13H2,1H3/t14-,17+/m1/s1. The van der Waals surface area contributed by atoms with Gasteiger partial charge in [-0.05, 0) is 36.7 Å². The Labute approximate surface area is 215 Å². The molecular weight excluding hydrogens is 502 g/mol. The number of anilines is 1. The number of hydrogen-bond acceptors (Lipinski definition) is 6. The van der Waals surface area contributed by atoms with Crippen LogP contribution in [-0.2, 0) is 24.1 Å². The van der Waals surface area contributed by atoms with Crippen LogP contribution in [0.1, 0.15) is 54.9 Å². The summed E-state index contributed by atoms with van der Waals surface area (Å²) < 4.78 is 55.8. The molecule has 1 aliphatic carbocycles. The van der Waals surface area contributed by atoms with Gasteiger partial charge in [0.05, 0.1) is 17.8 Å². The normalized spacial score (nSPS) is 21.9. The second kappa shape index (κ2) is 8.92. The Bertz CT molecular complexity index is 1470. The van der Waals surface area contributed by atoms with Crippen LogP contribution in [-0.4, -0.2) is 50.2 Å². The van der Waals surface area contributed by atoms with Crippen LogP contribution >= 0.6 is 0 Å². The van der Waals surface area contributed by atoms with E-state index in [0.717, 1.165) is 17.4 Å². The van der Waals surface area contributed by atoms with Gasteiger partial charge < -0.3 is 14.4 Å². The lowest BCUT2D eigenvalue weighted by molar-refractivity contribution is -0.148. The molecule has 38 heavy (non-hydrogen) atoms. The largest absolute Gasteiger partial charge is 0.451 e. The third-order valence-electron chi connectivity index (χ3n) is 7.97. The number of nitrogens with zero attached hydrogens (tertiary/aromatic N) is 7. The molecule has 4 heterocycles. The molecule has 2 aliphatic heterocycles. The molecule has 0 radical (unpaired) electrons. The van der Waals surface area contributed by atoms with Crippen LogP contribution in [0.5, 0.6) is 0 Å². The van der Waals surface area contributed by atoms with Gasteiger partial charge in [-0.15, -0.1) is 10.2 Å². The zero-order valence-corrected chi connectivity index (χ0v) is 20.7. The predicted molar refractivity (Wildman–Crippen MR) is 128 cm³/mol. The van der Waals surface area contributed by atoms with Crippen molar-refractivity contribution in [3.8, 4) is 6.07 Å². The molecule has 0 bridgehead atoms. The number of pyridine rings is 1. The quantitative estimate of drug-likeness (QED) is 0.474. The van der Waals surface area contributed by atoms with E-state index in [1.165, 1.54) is 6.20 Å². The van der Waals surface area contributed by atoms with E-state index in [1.54, 1.807) is 11.0 Å². The lowest BCUT2D eigenvalue weighted by Crippen LogP contribution is -2.49. The highest BCUT2D eigenvalue weighted by molar-refractivity contribution is 5.95. The molecule has 3 aliphatic rings. The van der Waals surface area contributed by atoms with Crippen molar-refractivity contribution >= 4 is 22.5 Å². The first kappa shape index (κ1) is 24.6. The monoisotopic (exact) mass is 527 g/mol. The van der Waals surface area contributed by atoms with Crippen molar-refractivity contribution in [3.63, 3.8) is 0 Å². The van der Waals surface area contributed by atoms with Crippen LogP contribution in [0.4, 0.5) is 23.2 Å². The summed E-state index contributed by atoms with van der Waals surface area (Å²) in [5, 5.41) is 17.3. The summed E-state index contributed by atoms with van der Waals surface area (Å²) >= 11 is 0. The number of hydrogen-bond donors (Lipinski definition) is 0. The van der Waals surface area contributed by atoms with Gasteiger partial charge in [0.2, 0.25) is 11.7 Å². The molecule has 0 spiro atoms. The number of benzene rings is 1. The Kier molecular flexibility index (Phi) is 5.77. The van der Waals surface area contributed by atoms with Crippen molar-refractivity contribution < 1.29 is 22.4 Å². The van der Waals surface area contributed by atoms with E-state index in [9.17, 15) is 23.2 Å². The van der Waals surface area contributed by atoms with Crippen LogP contribution < -0.4 is 4.90 Å². The van der Waals surface area contributed by atoms with Crippen molar-refractivity contribution in [2.24, 2.45) is 11.8 Å². The van der Waals surface area contributed by atoms with Crippen molar-refractivity contribution in [2.75, 3.05) is 24.5 Å². The minimum Gasteiger partial charge on any atom is -0.370 e. The summed E-state index contributed by atoms with van der Waals surface area (Å²) in [4.78, 5) is 21.3. The predicted octanol–water partition coefficient (Wildman–Crippen LogP) is 4.24. The summed E-state index contributed by atoms with van der Waals surface area (Å²) in [7, 11) is 0. The van der Waals surface area contributed by atoms with Gasteiger partial charge in [-0.2, -0.15) is 18.4 Å². The maximum absolute atomic E-state index is 15.3. The number of halogens is 4. The number of carbonyl (C=O) groups excluding carboxylic acids is 1. The van der Waals surface area contributed by atoms with Crippen LogP contribution in [0.2, 0.25) is 0 Å². The first-order valence-corrected chi connectivity index (χ1v) is 12.7. The average molecular weight is 528 g/mol. The molecule has 0 unspecified atom stereocenters. The minimum absolute atomic E-state index is 0.0148. The Hall–Kier alpha value is -3.75. The highest BCUT2D eigenvalue weighted by Gasteiger charge is 2.41. The maximum Gasteiger partial charge on any atom is 0.451 e. The molecule has 1 aromatic carbocycles. The van der Waals surface area contributed by atoms with Crippen LogP contribution in [0.15, 0.2) is 18.3 Å². The van der Waals surface area contributed by atoms with Crippen LogP contribution in [0, 0.1) is 29.0 Å². The van der Waals surface area contributed by atoms with E-state index in [2.05, 4.69) is 21.3 Å². The molecule has 1 saturated heterocycles. The molecule has 8 nitrogen and oxygen atoms in total. The number of rotatable bonds is 3. The van der Waals surface area contributed by atoms with Crippen molar-refractivity contribution in [2.45, 2.75) is 51.4 Å². The van der Waals surface area contributed by atoms with Crippen molar-refractivity contribution in [1.29, 1.82) is 5.26 Å². The molecule has 2 atom stereocenters. The summed E-state index contributed by atoms with van der Waals surface area (Å²) in [5.74, 6) is -1.59.